The number of phenolic OH excluding ortho intramolecular Hbond substituents is 1. The Kier molecular flexibility index (Phi) is 6.12. The van der Waals surface area contributed by atoms with Crippen molar-refractivity contribution < 1.29 is 19.4 Å². The Morgan fingerprint density at radius 2 is 1.68 bits per heavy atom. The number of hydrogen-bond acceptors (Lipinski definition) is 4. The summed E-state index contributed by atoms with van der Waals surface area (Å²) < 4.78 is 10.8. The number of carbonyl (C=O) groups excluding carboxylic acids is 1. The molecule has 3 aromatic carbocycles. The maximum atomic E-state index is 12.4. The molecule has 0 aromatic heterocycles. The molecule has 31 heavy (non-hydrogen) atoms. The van der Waals surface area contributed by atoms with Gasteiger partial charge in [-0.3, -0.25) is 0 Å². The van der Waals surface area contributed by atoms with Gasteiger partial charge in [-0.05, 0) is 59.7 Å². The summed E-state index contributed by atoms with van der Waals surface area (Å²) in [5, 5.41) is 12.6. The minimum atomic E-state index is -0.405. The predicted molar refractivity (Wildman–Crippen MR) is 121 cm³/mol. The van der Waals surface area contributed by atoms with Gasteiger partial charge in [-0.15, -0.1) is 0 Å². The van der Waals surface area contributed by atoms with Crippen LogP contribution < -0.4 is 10.1 Å². The van der Waals surface area contributed by atoms with E-state index in [1.807, 2.05) is 43.3 Å². The number of alkyl carbamates (subject to hydrolysis) is 1. The number of ether oxygens (including phenoxy) is 2. The highest BCUT2D eigenvalue weighted by Crippen LogP contribution is 2.44. The molecule has 5 heteroatoms. The van der Waals surface area contributed by atoms with Gasteiger partial charge in [0.2, 0.25) is 0 Å². The minimum absolute atomic E-state index is 0.0459. The van der Waals surface area contributed by atoms with Crippen LogP contribution in [0.3, 0.4) is 0 Å². The van der Waals surface area contributed by atoms with Crippen LogP contribution in [0, 0.1) is 0 Å². The lowest BCUT2D eigenvalue weighted by atomic mass is 9.98. The first-order chi connectivity index (χ1) is 15.1. The van der Waals surface area contributed by atoms with Gasteiger partial charge in [0.05, 0.1) is 7.11 Å². The molecule has 0 radical (unpaired) electrons. The quantitative estimate of drug-likeness (QED) is 0.550. The number of methoxy groups -OCH3 is 1. The highest BCUT2D eigenvalue weighted by molar-refractivity contribution is 5.79. The van der Waals surface area contributed by atoms with Crippen molar-refractivity contribution in [2.75, 3.05) is 13.7 Å². The molecule has 0 heterocycles. The molecule has 5 nitrogen and oxygen atoms in total. The normalized spacial score (nSPS) is 13.2. The molecule has 1 aliphatic carbocycles. The Bertz CT molecular complexity index is 1030. The summed E-state index contributed by atoms with van der Waals surface area (Å²) in [7, 11) is 1.53. The van der Waals surface area contributed by atoms with Crippen molar-refractivity contribution in [3.05, 3.63) is 83.4 Å². The zero-order valence-electron chi connectivity index (χ0n) is 17.8. The van der Waals surface area contributed by atoms with Gasteiger partial charge in [-0.1, -0.05) is 54.6 Å². The predicted octanol–water partition coefficient (Wildman–Crippen LogP) is 5.26. The zero-order chi connectivity index (χ0) is 21.8. The number of carbonyl (C=O) groups is 1. The second kappa shape index (κ2) is 9.13. The van der Waals surface area contributed by atoms with Crippen LogP contribution in [0.15, 0.2) is 66.7 Å². The van der Waals surface area contributed by atoms with E-state index in [0.717, 1.165) is 18.4 Å². The number of amides is 1. The molecular weight excluding hydrogens is 390 g/mol. The molecule has 0 fully saturated rings. The van der Waals surface area contributed by atoms with Crippen LogP contribution in [-0.4, -0.2) is 31.0 Å². The lowest BCUT2D eigenvalue weighted by molar-refractivity contribution is 0.139. The first-order valence-corrected chi connectivity index (χ1v) is 10.5. The third-order valence-corrected chi connectivity index (χ3v) is 5.82. The van der Waals surface area contributed by atoms with E-state index in [1.54, 1.807) is 6.07 Å². The number of aromatic hydroxyl groups is 1. The van der Waals surface area contributed by atoms with Crippen LogP contribution in [0.25, 0.3) is 11.1 Å². The summed E-state index contributed by atoms with van der Waals surface area (Å²) in [6.07, 6.45) is 1.09. The molecule has 0 saturated heterocycles. The van der Waals surface area contributed by atoms with Crippen molar-refractivity contribution >= 4 is 6.09 Å². The molecule has 1 aliphatic rings. The number of benzene rings is 3. The van der Waals surface area contributed by atoms with E-state index in [2.05, 4.69) is 29.6 Å². The SMILES string of the molecule is COc1cc(CCC(C)NC(=O)OCC2c3ccccc3-c3ccccc32)ccc1O. The second-order valence-corrected chi connectivity index (χ2v) is 7.92. The Balaban J connectivity index is 1.31. The van der Waals surface area contributed by atoms with Crippen LogP contribution in [-0.2, 0) is 11.2 Å². The van der Waals surface area contributed by atoms with Gasteiger partial charge in [0.1, 0.15) is 6.61 Å². The molecule has 1 atom stereocenters. The third kappa shape index (κ3) is 4.50. The van der Waals surface area contributed by atoms with E-state index < -0.39 is 6.09 Å². The summed E-state index contributed by atoms with van der Waals surface area (Å²) in [6.45, 7) is 2.26. The number of phenols is 1. The van der Waals surface area contributed by atoms with Gasteiger partial charge in [0.15, 0.2) is 11.5 Å². The van der Waals surface area contributed by atoms with Gasteiger partial charge in [0.25, 0.3) is 0 Å². The number of rotatable bonds is 7. The summed E-state index contributed by atoms with van der Waals surface area (Å²) >= 11 is 0. The van der Waals surface area contributed by atoms with Gasteiger partial charge in [-0.25, -0.2) is 4.79 Å². The van der Waals surface area contributed by atoms with E-state index >= 15 is 0 Å². The molecule has 3 aromatic rings. The Morgan fingerprint density at radius 1 is 1.03 bits per heavy atom. The molecule has 4 rings (SSSR count). The van der Waals surface area contributed by atoms with Gasteiger partial charge < -0.3 is 19.9 Å². The van der Waals surface area contributed by atoms with E-state index in [9.17, 15) is 9.90 Å². The molecule has 0 bridgehead atoms. The van der Waals surface area contributed by atoms with Crippen LogP contribution >= 0.6 is 0 Å². The summed E-state index contributed by atoms with van der Waals surface area (Å²) in [5.41, 5.74) is 5.86. The maximum absolute atomic E-state index is 12.4. The lowest BCUT2D eigenvalue weighted by Crippen LogP contribution is -2.34. The van der Waals surface area contributed by atoms with Crippen molar-refractivity contribution in [3.8, 4) is 22.6 Å². The lowest BCUT2D eigenvalue weighted by Gasteiger charge is -2.17. The first-order valence-electron chi connectivity index (χ1n) is 10.5. The molecule has 0 saturated carbocycles. The van der Waals surface area contributed by atoms with E-state index in [1.165, 1.54) is 29.4 Å². The Morgan fingerprint density at radius 3 is 2.32 bits per heavy atom. The zero-order valence-corrected chi connectivity index (χ0v) is 17.8. The van der Waals surface area contributed by atoms with Gasteiger partial charge in [-0.2, -0.15) is 0 Å². The van der Waals surface area contributed by atoms with E-state index in [0.29, 0.717) is 12.4 Å². The topological polar surface area (TPSA) is 67.8 Å². The van der Waals surface area contributed by atoms with Crippen molar-refractivity contribution in [2.45, 2.75) is 31.7 Å². The number of aryl methyl sites for hydroxylation is 1. The molecule has 0 aliphatic heterocycles. The Hall–Kier alpha value is -3.47. The fraction of sp³-hybridized carbons (Fsp3) is 0.269. The Labute approximate surface area is 182 Å². The average Bonchev–Trinajstić information content (AvgIpc) is 3.11. The second-order valence-electron chi connectivity index (χ2n) is 7.92. The largest absolute Gasteiger partial charge is 0.504 e. The maximum Gasteiger partial charge on any atom is 0.407 e. The van der Waals surface area contributed by atoms with Gasteiger partial charge in [0, 0.05) is 12.0 Å². The number of nitrogens with one attached hydrogen (secondary N) is 1. The monoisotopic (exact) mass is 417 g/mol. The smallest absolute Gasteiger partial charge is 0.407 e. The molecule has 0 spiro atoms. The standard InChI is InChI=1S/C26H27NO4/c1-17(11-12-18-13-14-24(28)25(15-18)30-2)27-26(29)31-16-23-21-9-5-3-7-19(21)20-8-4-6-10-22(20)23/h3-10,13-15,17,23,28H,11-12,16H2,1-2H3,(H,27,29). The summed E-state index contributed by atoms with van der Waals surface area (Å²) in [5.74, 6) is 0.628. The van der Waals surface area contributed by atoms with Crippen molar-refractivity contribution in [1.82, 2.24) is 5.32 Å². The third-order valence-electron chi connectivity index (χ3n) is 5.82. The van der Waals surface area contributed by atoms with Crippen LogP contribution in [0.1, 0.15) is 36.0 Å². The fourth-order valence-corrected chi connectivity index (χ4v) is 4.17. The minimum Gasteiger partial charge on any atom is -0.504 e. The van der Waals surface area contributed by atoms with Crippen LogP contribution in [0.2, 0.25) is 0 Å². The van der Waals surface area contributed by atoms with Crippen LogP contribution in [0.4, 0.5) is 4.79 Å². The average molecular weight is 418 g/mol. The summed E-state index contributed by atoms with van der Waals surface area (Å²) in [4.78, 5) is 12.4. The molecule has 1 amide bonds. The van der Waals surface area contributed by atoms with Crippen molar-refractivity contribution in [2.24, 2.45) is 0 Å². The fourth-order valence-electron chi connectivity index (χ4n) is 4.17. The molecule has 2 N–H and O–H groups in total. The summed E-state index contributed by atoms with van der Waals surface area (Å²) in [6, 6.07) is 21.8. The van der Waals surface area contributed by atoms with Crippen LogP contribution in [0.5, 0.6) is 11.5 Å². The van der Waals surface area contributed by atoms with Gasteiger partial charge >= 0.3 is 6.09 Å². The number of hydrogen-bond donors (Lipinski definition) is 2. The highest BCUT2D eigenvalue weighted by atomic mass is 16.5. The number of fused-ring (bicyclic) bond motifs is 3. The molecule has 1 unspecified atom stereocenters. The molecule has 160 valence electrons. The highest BCUT2D eigenvalue weighted by Gasteiger charge is 2.29. The van der Waals surface area contributed by atoms with E-state index in [-0.39, 0.29) is 17.7 Å². The first kappa shape index (κ1) is 20.8. The molecular formula is C26H27NO4. The van der Waals surface area contributed by atoms with E-state index in [4.69, 9.17) is 9.47 Å². The van der Waals surface area contributed by atoms with Crippen molar-refractivity contribution in [1.29, 1.82) is 0 Å². The van der Waals surface area contributed by atoms with Crippen molar-refractivity contribution in [3.63, 3.8) is 0 Å².